The molecule has 0 bridgehead atoms. The van der Waals surface area contributed by atoms with Crippen LogP contribution in [0.4, 0.5) is 0 Å². The van der Waals surface area contributed by atoms with Crippen LogP contribution in [0.1, 0.15) is 19.3 Å². The second kappa shape index (κ2) is 4.90. The zero-order valence-corrected chi connectivity index (χ0v) is 9.45. The summed E-state index contributed by atoms with van der Waals surface area (Å²) in [5.41, 5.74) is 0. The van der Waals surface area contributed by atoms with Gasteiger partial charge in [-0.1, -0.05) is 0 Å². The van der Waals surface area contributed by atoms with E-state index in [0.29, 0.717) is 5.38 Å². The van der Waals surface area contributed by atoms with E-state index in [0.717, 1.165) is 30.8 Å². The number of ether oxygens (including phenoxy) is 1. The first-order valence-corrected chi connectivity index (χ1v) is 6.75. The van der Waals surface area contributed by atoms with Crippen molar-refractivity contribution in [3.8, 4) is 0 Å². The Labute approximate surface area is 89.6 Å². The van der Waals surface area contributed by atoms with Crippen LogP contribution in [0.15, 0.2) is 0 Å². The number of hydrogen-bond acceptors (Lipinski definition) is 2. The van der Waals surface area contributed by atoms with Crippen LogP contribution in [0.2, 0.25) is 0 Å². The fraction of sp³-hybridized carbons (Fsp3) is 1.00. The Bertz CT molecular complexity index is 159. The lowest BCUT2D eigenvalue weighted by atomic mass is 9.88. The highest BCUT2D eigenvalue weighted by Crippen LogP contribution is 2.35. The Morgan fingerprint density at radius 3 is 2.62 bits per heavy atom. The highest BCUT2D eigenvalue weighted by molar-refractivity contribution is 7.99. The fourth-order valence-electron chi connectivity index (χ4n) is 2.20. The topological polar surface area (TPSA) is 9.23 Å². The third-order valence-electron chi connectivity index (χ3n) is 3.10. The summed E-state index contributed by atoms with van der Waals surface area (Å²) in [4.78, 5) is 0. The lowest BCUT2D eigenvalue weighted by Crippen LogP contribution is -2.22. The van der Waals surface area contributed by atoms with E-state index >= 15 is 0 Å². The van der Waals surface area contributed by atoms with Crippen molar-refractivity contribution < 1.29 is 4.74 Å². The molecule has 0 aromatic rings. The van der Waals surface area contributed by atoms with Gasteiger partial charge in [-0.25, -0.2) is 0 Å². The molecule has 0 N–H and O–H groups in total. The molecular weight excluding hydrogens is 204 g/mol. The zero-order chi connectivity index (χ0) is 9.10. The second-order valence-electron chi connectivity index (χ2n) is 4.10. The van der Waals surface area contributed by atoms with Crippen molar-refractivity contribution in [1.82, 2.24) is 0 Å². The third kappa shape index (κ3) is 2.77. The Morgan fingerprint density at radius 2 is 2.00 bits per heavy atom. The lowest BCUT2D eigenvalue weighted by molar-refractivity contribution is 0.0598. The van der Waals surface area contributed by atoms with E-state index in [1.807, 2.05) is 11.8 Å². The molecule has 0 aromatic carbocycles. The second-order valence-corrected chi connectivity index (χ2v) is 5.74. The normalized spacial score (nSPS) is 36.7. The highest BCUT2D eigenvalue weighted by atomic mass is 35.5. The van der Waals surface area contributed by atoms with Gasteiger partial charge in [0.2, 0.25) is 0 Å². The Hall–Kier alpha value is 0.600. The van der Waals surface area contributed by atoms with Crippen LogP contribution in [0.25, 0.3) is 0 Å². The minimum atomic E-state index is 0.438. The van der Waals surface area contributed by atoms with Crippen LogP contribution in [-0.2, 0) is 4.74 Å². The van der Waals surface area contributed by atoms with E-state index in [1.54, 1.807) is 0 Å². The predicted octanol–water partition coefficient (Wildman–Crippen LogP) is 2.77. The molecule has 76 valence electrons. The van der Waals surface area contributed by atoms with Gasteiger partial charge in [-0.2, -0.15) is 11.8 Å². The maximum absolute atomic E-state index is 6.25. The number of rotatable bonds is 2. The van der Waals surface area contributed by atoms with Gasteiger partial charge in [-0.15, -0.1) is 11.6 Å². The molecule has 2 heterocycles. The monoisotopic (exact) mass is 220 g/mol. The minimum Gasteiger partial charge on any atom is -0.381 e. The molecule has 0 aliphatic carbocycles. The van der Waals surface area contributed by atoms with E-state index in [2.05, 4.69) is 0 Å². The molecule has 2 atom stereocenters. The molecule has 0 amide bonds. The quantitative estimate of drug-likeness (QED) is 0.662. The van der Waals surface area contributed by atoms with Gasteiger partial charge < -0.3 is 4.74 Å². The van der Waals surface area contributed by atoms with E-state index in [-0.39, 0.29) is 0 Å². The summed E-state index contributed by atoms with van der Waals surface area (Å²) in [5.74, 6) is 4.11. The molecule has 2 rings (SSSR count). The van der Waals surface area contributed by atoms with Crippen LogP contribution in [0, 0.1) is 11.8 Å². The van der Waals surface area contributed by atoms with Crippen molar-refractivity contribution in [2.45, 2.75) is 24.6 Å². The Morgan fingerprint density at radius 1 is 1.23 bits per heavy atom. The van der Waals surface area contributed by atoms with E-state index < -0.39 is 0 Å². The summed E-state index contributed by atoms with van der Waals surface area (Å²) in [6.45, 7) is 1.94. The average molecular weight is 221 g/mol. The average Bonchev–Trinajstić information content (AvgIpc) is 2.54. The van der Waals surface area contributed by atoms with Gasteiger partial charge in [0.1, 0.15) is 0 Å². The molecule has 0 saturated carbocycles. The molecule has 2 aliphatic heterocycles. The molecule has 0 radical (unpaired) electrons. The van der Waals surface area contributed by atoms with Crippen molar-refractivity contribution in [3.63, 3.8) is 0 Å². The van der Waals surface area contributed by atoms with Crippen LogP contribution in [0.5, 0.6) is 0 Å². The Balaban J connectivity index is 1.75. The van der Waals surface area contributed by atoms with Crippen molar-refractivity contribution in [2.75, 3.05) is 24.7 Å². The standard InChI is InChI=1S/C10H17ClOS/c11-10-7-13-6-9(10)5-8-1-3-12-4-2-8/h8-10H,1-7H2. The summed E-state index contributed by atoms with van der Waals surface area (Å²) in [6, 6.07) is 0. The highest BCUT2D eigenvalue weighted by Gasteiger charge is 2.28. The van der Waals surface area contributed by atoms with Crippen LogP contribution >= 0.6 is 23.4 Å². The molecule has 2 fully saturated rings. The maximum atomic E-state index is 6.25. The van der Waals surface area contributed by atoms with Gasteiger partial charge in [0.05, 0.1) is 0 Å². The van der Waals surface area contributed by atoms with Crippen LogP contribution in [0.3, 0.4) is 0 Å². The maximum Gasteiger partial charge on any atom is 0.0468 e. The Kier molecular flexibility index (Phi) is 3.82. The molecule has 2 saturated heterocycles. The SMILES string of the molecule is ClC1CSCC1CC1CCOCC1. The summed E-state index contributed by atoms with van der Waals surface area (Å²) in [5, 5.41) is 0.438. The number of hydrogen-bond donors (Lipinski definition) is 0. The molecule has 2 unspecified atom stereocenters. The molecule has 0 aromatic heterocycles. The fourth-order valence-corrected chi connectivity index (χ4v) is 4.07. The summed E-state index contributed by atoms with van der Waals surface area (Å²) in [7, 11) is 0. The van der Waals surface area contributed by atoms with Crippen molar-refractivity contribution >= 4 is 23.4 Å². The lowest BCUT2D eigenvalue weighted by Gasteiger charge is -2.25. The first-order valence-electron chi connectivity index (χ1n) is 5.16. The van der Waals surface area contributed by atoms with Gasteiger partial charge in [0.15, 0.2) is 0 Å². The minimum absolute atomic E-state index is 0.438. The molecule has 1 nitrogen and oxygen atoms in total. The third-order valence-corrected chi connectivity index (χ3v) is 5.05. The number of halogens is 1. The number of thioether (sulfide) groups is 1. The van der Waals surface area contributed by atoms with E-state index in [1.165, 1.54) is 25.0 Å². The van der Waals surface area contributed by atoms with Gasteiger partial charge in [0.25, 0.3) is 0 Å². The van der Waals surface area contributed by atoms with E-state index in [9.17, 15) is 0 Å². The predicted molar refractivity (Wildman–Crippen MR) is 58.6 cm³/mol. The molecular formula is C10H17ClOS. The molecule has 0 spiro atoms. The van der Waals surface area contributed by atoms with Crippen LogP contribution in [-0.4, -0.2) is 30.1 Å². The zero-order valence-electron chi connectivity index (χ0n) is 7.88. The van der Waals surface area contributed by atoms with Gasteiger partial charge in [0, 0.05) is 24.3 Å². The van der Waals surface area contributed by atoms with Gasteiger partial charge in [-0.05, 0) is 36.9 Å². The van der Waals surface area contributed by atoms with Gasteiger partial charge >= 0.3 is 0 Å². The summed E-state index contributed by atoms with van der Waals surface area (Å²) in [6.07, 6.45) is 3.85. The smallest absolute Gasteiger partial charge is 0.0468 e. The van der Waals surface area contributed by atoms with Crippen molar-refractivity contribution in [3.05, 3.63) is 0 Å². The summed E-state index contributed by atoms with van der Waals surface area (Å²) < 4.78 is 5.35. The van der Waals surface area contributed by atoms with Crippen molar-refractivity contribution in [1.29, 1.82) is 0 Å². The first-order chi connectivity index (χ1) is 6.36. The first kappa shape index (κ1) is 10.1. The van der Waals surface area contributed by atoms with Gasteiger partial charge in [-0.3, -0.25) is 0 Å². The van der Waals surface area contributed by atoms with E-state index in [4.69, 9.17) is 16.3 Å². The van der Waals surface area contributed by atoms with Crippen molar-refractivity contribution in [2.24, 2.45) is 11.8 Å². The molecule has 2 aliphatic rings. The van der Waals surface area contributed by atoms with Crippen LogP contribution < -0.4 is 0 Å². The molecule has 3 heteroatoms. The summed E-state index contributed by atoms with van der Waals surface area (Å²) >= 11 is 8.26. The molecule has 13 heavy (non-hydrogen) atoms. The largest absolute Gasteiger partial charge is 0.381 e. The number of alkyl halides is 1.